The van der Waals surface area contributed by atoms with E-state index in [1.54, 1.807) is 11.8 Å². The molecular formula is C17H21N3O2S. The molecule has 0 saturated carbocycles. The molecule has 4 rings (SSSR count). The zero-order valence-electron chi connectivity index (χ0n) is 13.2. The predicted octanol–water partition coefficient (Wildman–Crippen LogP) is 2.16. The van der Waals surface area contributed by atoms with Crippen LogP contribution in [0.3, 0.4) is 0 Å². The number of hydrogen-bond acceptors (Lipinski definition) is 5. The van der Waals surface area contributed by atoms with Crippen LogP contribution >= 0.6 is 11.8 Å². The van der Waals surface area contributed by atoms with E-state index in [4.69, 9.17) is 0 Å². The number of benzene rings is 1. The number of carbonyl (C=O) groups excluding carboxylic acids is 1. The molecule has 122 valence electrons. The van der Waals surface area contributed by atoms with Crippen LogP contribution in [0.1, 0.15) is 31.7 Å². The number of fused-ring (bicyclic) bond motifs is 3. The lowest BCUT2D eigenvalue weighted by Gasteiger charge is -2.27. The summed E-state index contributed by atoms with van der Waals surface area (Å²) in [6.45, 7) is 4.51. The van der Waals surface area contributed by atoms with E-state index >= 15 is 0 Å². The van der Waals surface area contributed by atoms with E-state index in [9.17, 15) is 9.90 Å². The molecule has 1 aromatic rings. The first-order valence-corrected chi connectivity index (χ1v) is 9.07. The largest absolute Gasteiger partial charge is 0.363 e. The number of rotatable bonds is 2. The minimum Gasteiger partial charge on any atom is -0.363 e. The van der Waals surface area contributed by atoms with Gasteiger partial charge in [-0.05, 0) is 32.0 Å². The lowest BCUT2D eigenvalue weighted by Crippen LogP contribution is -2.41. The minimum atomic E-state index is -1.31. The summed E-state index contributed by atoms with van der Waals surface area (Å²) in [5, 5.41) is 11.7. The molecule has 1 saturated heterocycles. The number of piperidine rings is 1. The van der Waals surface area contributed by atoms with Gasteiger partial charge in [0.05, 0.1) is 10.7 Å². The van der Waals surface area contributed by atoms with E-state index in [0.717, 1.165) is 35.9 Å². The highest BCUT2D eigenvalue weighted by Crippen LogP contribution is 2.53. The van der Waals surface area contributed by atoms with Crippen LogP contribution in [0.5, 0.6) is 0 Å². The average molecular weight is 331 g/mol. The van der Waals surface area contributed by atoms with Gasteiger partial charge in [-0.1, -0.05) is 36.4 Å². The molecule has 1 amide bonds. The second-order valence-electron chi connectivity index (χ2n) is 6.44. The molecule has 0 spiro atoms. The van der Waals surface area contributed by atoms with Crippen molar-refractivity contribution < 1.29 is 9.90 Å². The van der Waals surface area contributed by atoms with Crippen LogP contribution in [-0.2, 0) is 10.5 Å². The number of aliphatic imine (C=N–C) groups is 1. The molecule has 1 fully saturated rings. The highest BCUT2D eigenvalue weighted by molar-refractivity contribution is 8.15. The third-order valence-corrected chi connectivity index (χ3v) is 6.08. The summed E-state index contributed by atoms with van der Waals surface area (Å²) < 4.78 is 0. The minimum absolute atomic E-state index is 0.0553. The van der Waals surface area contributed by atoms with Crippen molar-refractivity contribution in [2.24, 2.45) is 4.99 Å². The van der Waals surface area contributed by atoms with E-state index in [0.29, 0.717) is 0 Å². The molecule has 1 aromatic carbocycles. The van der Waals surface area contributed by atoms with Gasteiger partial charge in [-0.3, -0.25) is 14.6 Å². The van der Waals surface area contributed by atoms with Gasteiger partial charge in [-0.15, -0.1) is 0 Å². The fraction of sp³-hybridized carbons (Fsp3) is 0.529. The maximum Gasteiger partial charge on any atom is 0.225 e. The maximum atomic E-state index is 12.1. The van der Waals surface area contributed by atoms with Gasteiger partial charge in [0.1, 0.15) is 5.37 Å². The Balaban J connectivity index is 1.65. The van der Waals surface area contributed by atoms with Crippen molar-refractivity contribution in [2.75, 3.05) is 24.5 Å². The molecule has 0 aliphatic carbocycles. The monoisotopic (exact) mass is 331 g/mol. The number of thioether (sulfide) groups is 1. The molecular weight excluding hydrogens is 310 g/mol. The molecule has 3 heterocycles. The molecule has 6 heteroatoms. The summed E-state index contributed by atoms with van der Waals surface area (Å²) in [7, 11) is 0. The second kappa shape index (κ2) is 5.61. The van der Waals surface area contributed by atoms with E-state index in [2.05, 4.69) is 9.89 Å². The van der Waals surface area contributed by atoms with Gasteiger partial charge in [-0.2, -0.15) is 0 Å². The van der Waals surface area contributed by atoms with Gasteiger partial charge < -0.3 is 5.11 Å². The lowest BCUT2D eigenvalue weighted by atomic mass is 10.1. The molecule has 0 aromatic heterocycles. The third kappa shape index (κ3) is 2.40. The molecule has 23 heavy (non-hydrogen) atoms. The van der Waals surface area contributed by atoms with E-state index in [-0.39, 0.29) is 11.3 Å². The third-order valence-electron chi connectivity index (χ3n) is 4.83. The Kier molecular flexibility index (Phi) is 3.70. The zero-order valence-corrected chi connectivity index (χ0v) is 14.1. The molecule has 5 nitrogen and oxygen atoms in total. The van der Waals surface area contributed by atoms with Gasteiger partial charge in [0.25, 0.3) is 0 Å². The Labute approximate surface area is 140 Å². The van der Waals surface area contributed by atoms with Crippen molar-refractivity contribution in [1.82, 2.24) is 4.90 Å². The number of para-hydroxylation sites is 1. The molecule has 2 unspecified atom stereocenters. The fourth-order valence-electron chi connectivity index (χ4n) is 3.75. The summed E-state index contributed by atoms with van der Waals surface area (Å²) in [4.78, 5) is 20.9. The molecule has 3 aliphatic heterocycles. The SMILES string of the molecule is CC(=O)N1c2ccccc2C2(O)N=C(CN3CCCCC3)SC12. The van der Waals surface area contributed by atoms with Gasteiger partial charge in [-0.25, -0.2) is 4.99 Å². The first-order chi connectivity index (χ1) is 11.1. The Bertz CT molecular complexity index is 672. The second-order valence-corrected chi connectivity index (χ2v) is 7.60. The van der Waals surface area contributed by atoms with E-state index in [1.165, 1.54) is 31.0 Å². The predicted molar refractivity (Wildman–Crippen MR) is 92.6 cm³/mol. The van der Waals surface area contributed by atoms with E-state index < -0.39 is 5.72 Å². The summed E-state index contributed by atoms with van der Waals surface area (Å²) in [6.07, 6.45) is 3.76. The first kappa shape index (κ1) is 15.2. The topological polar surface area (TPSA) is 56.1 Å². The van der Waals surface area contributed by atoms with Crippen molar-refractivity contribution in [2.45, 2.75) is 37.3 Å². The number of carbonyl (C=O) groups is 1. The standard InChI is InChI=1S/C17H21N3O2S/c1-12(21)20-14-8-4-3-7-13(14)17(22)16(20)23-15(18-17)11-19-9-5-2-6-10-19/h3-4,7-8,16,22H,2,5-6,9-11H2,1H3. The number of likely N-dealkylation sites (tertiary alicyclic amines) is 1. The number of anilines is 1. The molecule has 3 aliphatic rings. The van der Waals surface area contributed by atoms with Gasteiger partial charge in [0.2, 0.25) is 11.6 Å². The Hall–Kier alpha value is -1.37. The summed E-state index contributed by atoms with van der Waals surface area (Å²) in [6, 6.07) is 7.54. The molecule has 2 atom stereocenters. The van der Waals surface area contributed by atoms with Crippen LogP contribution in [0.25, 0.3) is 0 Å². The number of aliphatic hydroxyl groups is 1. The highest BCUT2D eigenvalue weighted by Gasteiger charge is 2.56. The molecule has 0 bridgehead atoms. The van der Waals surface area contributed by atoms with Crippen LogP contribution in [0, 0.1) is 0 Å². The van der Waals surface area contributed by atoms with Gasteiger partial charge in [0.15, 0.2) is 0 Å². The normalized spacial score (nSPS) is 30.1. The van der Waals surface area contributed by atoms with Crippen molar-refractivity contribution >= 4 is 28.4 Å². The van der Waals surface area contributed by atoms with Crippen LogP contribution in [0.15, 0.2) is 29.3 Å². The van der Waals surface area contributed by atoms with Crippen LogP contribution in [0.2, 0.25) is 0 Å². The number of nitrogens with zero attached hydrogens (tertiary/aromatic N) is 3. The van der Waals surface area contributed by atoms with Crippen LogP contribution in [-0.4, -0.2) is 46.0 Å². The molecule has 0 radical (unpaired) electrons. The zero-order chi connectivity index (χ0) is 16.0. The summed E-state index contributed by atoms with van der Waals surface area (Å²) in [5.41, 5.74) is 0.208. The highest BCUT2D eigenvalue weighted by atomic mass is 32.2. The van der Waals surface area contributed by atoms with Crippen LogP contribution < -0.4 is 4.90 Å². The lowest BCUT2D eigenvalue weighted by molar-refractivity contribution is -0.117. The number of hydrogen-bond donors (Lipinski definition) is 1. The Morgan fingerprint density at radius 1 is 1.35 bits per heavy atom. The fourth-order valence-corrected chi connectivity index (χ4v) is 5.16. The Morgan fingerprint density at radius 2 is 2.09 bits per heavy atom. The maximum absolute atomic E-state index is 12.1. The van der Waals surface area contributed by atoms with Gasteiger partial charge in [0, 0.05) is 19.0 Å². The van der Waals surface area contributed by atoms with Crippen molar-refractivity contribution in [3.05, 3.63) is 29.8 Å². The quantitative estimate of drug-likeness (QED) is 0.902. The average Bonchev–Trinajstić information content (AvgIpc) is 2.97. The van der Waals surface area contributed by atoms with Gasteiger partial charge >= 0.3 is 0 Å². The van der Waals surface area contributed by atoms with E-state index in [1.807, 2.05) is 24.3 Å². The van der Waals surface area contributed by atoms with Crippen molar-refractivity contribution in [1.29, 1.82) is 0 Å². The first-order valence-electron chi connectivity index (χ1n) is 8.19. The number of amides is 1. The van der Waals surface area contributed by atoms with Crippen LogP contribution in [0.4, 0.5) is 5.69 Å². The smallest absolute Gasteiger partial charge is 0.225 e. The van der Waals surface area contributed by atoms with Crippen molar-refractivity contribution in [3.8, 4) is 0 Å². The summed E-state index contributed by atoms with van der Waals surface area (Å²) >= 11 is 1.53. The Morgan fingerprint density at radius 3 is 2.83 bits per heavy atom. The van der Waals surface area contributed by atoms with Crippen molar-refractivity contribution in [3.63, 3.8) is 0 Å². The summed E-state index contributed by atoms with van der Waals surface area (Å²) in [5.74, 6) is -0.0553. The molecule has 1 N–H and O–H groups in total.